The maximum Gasteiger partial charge on any atom is 0.417 e. The van der Waals surface area contributed by atoms with Crippen molar-refractivity contribution in [3.8, 4) is 11.3 Å². The number of aromatic nitrogens is 1. The maximum atomic E-state index is 13.0. The number of benzene rings is 1. The molecule has 0 spiro atoms. The van der Waals surface area contributed by atoms with Crippen LogP contribution >= 0.6 is 15.9 Å². The van der Waals surface area contributed by atoms with Crippen molar-refractivity contribution in [1.29, 1.82) is 0 Å². The van der Waals surface area contributed by atoms with Crippen molar-refractivity contribution in [2.24, 2.45) is 5.11 Å². The minimum Gasteiger partial charge on any atom is -0.441 e. The van der Waals surface area contributed by atoms with E-state index < -0.39 is 11.7 Å². The van der Waals surface area contributed by atoms with Crippen LogP contribution in [0.25, 0.3) is 21.8 Å². The van der Waals surface area contributed by atoms with Crippen molar-refractivity contribution in [3.05, 3.63) is 50.8 Å². The second kappa shape index (κ2) is 5.56. The monoisotopic (exact) mass is 346 g/mol. The molecule has 2 rings (SSSR count). The van der Waals surface area contributed by atoms with Crippen molar-refractivity contribution in [1.82, 2.24) is 4.98 Å². The molecule has 1 heterocycles. The summed E-state index contributed by atoms with van der Waals surface area (Å²) in [7, 11) is 0. The molecule has 104 valence electrons. The van der Waals surface area contributed by atoms with Gasteiger partial charge in [0.05, 0.1) is 11.8 Å². The van der Waals surface area contributed by atoms with Gasteiger partial charge in [-0.05, 0) is 23.7 Å². The van der Waals surface area contributed by atoms with Gasteiger partial charge in [0.2, 0.25) is 5.89 Å². The first-order chi connectivity index (χ1) is 9.41. The summed E-state index contributed by atoms with van der Waals surface area (Å²) in [6.45, 7) is -0.158. The molecule has 0 N–H and O–H groups in total. The molecule has 0 unspecified atom stereocenters. The molecule has 0 atom stereocenters. The van der Waals surface area contributed by atoms with Gasteiger partial charge in [-0.1, -0.05) is 21.0 Å². The van der Waals surface area contributed by atoms with Gasteiger partial charge >= 0.3 is 6.18 Å². The highest BCUT2D eigenvalue weighted by Gasteiger charge is 2.34. The van der Waals surface area contributed by atoms with Gasteiger partial charge in [0.1, 0.15) is 6.54 Å². The average molecular weight is 347 g/mol. The smallest absolute Gasteiger partial charge is 0.417 e. The lowest BCUT2D eigenvalue weighted by Crippen LogP contribution is -2.06. The third-order valence-electron chi connectivity index (χ3n) is 2.38. The number of nitrogens with zero attached hydrogens (tertiary/aromatic N) is 4. The quantitative estimate of drug-likeness (QED) is 0.448. The Morgan fingerprint density at radius 3 is 2.80 bits per heavy atom. The molecule has 9 heteroatoms. The molecule has 20 heavy (non-hydrogen) atoms. The van der Waals surface area contributed by atoms with Crippen LogP contribution in [0.15, 0.2) is 38.4 Å². The molecule has 2 aromatic rings. The lowest BCUT2D eigenvalue weighted by Gasteiger charge is -2.11. The summed E-state index contributed by atoms with van der Waals surface area (Å²) in [6.07, 6.45) is -3.35. The van der Waals surface area contributed by atoms with Crippen LogP contribution in [0.2, 0.25) is 0 Å². The summed E-state index contributed by atoms with van der Waals surface area (Å²) in [5.74, 6) is 0.0156. The van der Waals surface area contributed by atoms with Crippen molar-refractivity contribution >= 4 is 15.9 Å². The van der Waals surface area contributed by atoms with E-state index >= 15 is 0 Å². The van der Waals surface area contributed by atoms with Crippen LogP contribution in [0.4, 0.5) is 13.2 Å². The Bertz CT molecular complexity index is 677. The molecule has 0 amide bonds. The van der Waals surface area contributed by atoms with Crippen molar-refractivity contribution in [2.45, 2.75) is 12.7 Å². The number of hydrogen-bond acceptors (Lipinski definition) is 3. The van der Waals surface area contributed by atoms with E-state index in [0.717, 1.165) is 6.07 Å². The van der Waals surface area contributed by atoms with E-state index in [9.17, 15) is 13.2 Å². The molecule has 1 aromatic carbocycles. The molecule has 5 nitrogen and oxygen atoms in total. The van der Waals surface area contributed by atoms with Gasteiger partial charge in [0.15, 0.2) is 5.76 Å². The van der Waals surface area contributed by atoms with E-state index in [2.05, 4.69) is 30.9 Å². The molecule has 0 aliphatic heterocycles. The SMILES string of the molecule is [N-]=[N+]=NCc1ncc(-c2ccc(Br)cc2C(F)(F)F)o1. The second-order valence-electron chi connectivity index (χ2n) is 3.69. The van der Waals surface area contributed by atoms with Crippen LogP contribution in [0.3, 0.4) is 0 Å². The minimum atomic E-state index is -4.52. The predicted molar refractivity (Wildman–Crippen MR) is 67.5 cm³/mol. The molecule has 0 radical (unpaired) electrons. The standard InChI is InChI=1S/C11H6BrF3N4O/c12-6-1-2-7(8(3-6)11(13,14)15)9-4-17-10(20-9)5-18-19-16/h1-4H,5H2. The van der Waals surface area contributed by atoms with Crippen LogP contribution in [0.1, 0.15) is 11.5 Å². The molecule has 0 saturated heterocycles. The minimum absolute atomic E-state index is 0.0343. The molecule has 0 aliphatic carbocycles. The zero-order chi connectivity index (χ0) is 14.8. The molecular formula is C11H6BrF3N4O. The molecule has 0 aliphatic rings. The largest absolute Gasteiger partial charge is 0.441 e. The summed E-state index contributed by atoms with van der Waals surface area (Å²) < 4.78 is 44.4. The van der Waals surface area contributed by atoms with E-state index in [-0.39, 0.29) is 23.8 Å². The van der Waals surface area contributed by atoms with Crippen LogP contribution in [-0.4, -0.2) is 4.98 Å². The normalized spacial score (nSPS) is 11.2. The highest BCUT2D eigenvalue weighted by molar-refractivity contribution is 9.10. The van der Waals surface area contributed by atoms with Crippen molar-refractivity contribution in [3.63, 3.8) is 0 Å². The summed E-state index contributed by atoms with van der Waals surface area (Å²) in [6, 6.07) is 3.72. The summed E-state index contributed by atoms with van der Waals surface area (Å²) in [5.41, 5.74) is 7.21. The molecule has 1 aromatic heterocycles. The van der Waals surface area contributed by atoms with Gasteiger partial charge in [0.25, 0.3) is 0 Å². The van der Waals surface area contributed by atoms with E-state index in [4.69, 9.17) is 9.95 Å². The topological polar surface area (TPSA) is 74.8 Å². The first kappa shape index (κ1) is 14.4. The number of oxazole rings is 1. The van der Waals surface area contributed by atoms with Crippen LogP contribution < -0.4 is 0 Å². The first-order valence-electron chi connectivity index (χ1n) is 5.24. The fourth-order valence-electron chi connectivity index (χ4n) is 1.57. The first-order valence-corrected chi connectivity index (χ1v) is 6.04. The Labute approximate surface area is 119 Å². The van der Waals surface area contributed by atoms with E-state index in [1.165, 1.54) is 18.3 Å². The average Bonchev–Trinajstić information content (AvgIpc) is 2.84. The van der Waals surface area contributed by atoms with Crippen LogP contribution in [-0.2, 0) is 12.7 Å². The highest BCUT2D eigenvalue weighted by Crippen LogP contribution is 2.38. The van der Waals surface area contributed by atoms with Crippen molar-refractivity contribution < 1.29 is 17.6 Å². The number of rotatable bonds is 3. The zero-order valence-electron chi connectivity index (χ0n) is 9.73. The number of halogens is 4. The molecule has 0 fully saturated rings. The summed E-state index contributed by atoms with van der Waals surface area (Å²) in [4.78, 5) is 6.29. The van der Waals surface area contributed by atoms with E-state index in [1.807, 2.05) is 0 Å². The Morgan fingerprint density at radius 2 is 2.15 bits per heavy atom. The second-order valence-corrected chi connectivity index (χ2v) is 4.61. The maximum absolute atomic E-state index is 13.0. The number of hydrogen-bond donors (Lipinski definition) is 0. The van der Waals surface area contributed by atoms with E-state index in [1.54, 1.807) is 0 Å². The highest BCUT2D eigenvalue weighted by atomic mass is 79.9. The molecule has 0 bridgehead atoms. The Balaban J connectivity index is 2.47. The van der Waals surface area contributed by atoms with Gasteiger partial charge in [-0.2, -0.15) is 13.2 Å². The third-order valence-corrected chi connectivity index (χ3v) is 2.87. The fourth-order valence-corrected chi connectivity index (χ4v) is 1.93. The Morgan fingerprint density at radius 1 is 1.40 bits per heavy atom. The van der Waals surface area contributed by atoms with Gasteiger partial charge in [0, 0.05) is 14.9 Å². The predicted octanol–water partition coefficient (Wildman–Crippen LogP) is 4.93. The van der Waals surface area contributed by atoms with Crippen molar-refractivity contribution in [2.75, 3.05) is 0 Å². The van der Waals surface area contributed by atoms with Gasteiger partial charge in [-0.3, -0.25) is 0 Å². The van der Waals surface area contributed by atoms with Crippen LogP contribution in [0.5, 0.6) is 0 Å². The Hall–Kier alpha value is -1.99. The van der Waals surface area contributed by atoms with Crippen LogP contribution in [0, 0.1) is 0 Å². The summed E-state index contributed by atoms with van der Waals surface area (Å²) >= 11 is 3.00. The van der Waals surface area contributed by atoms with E-state index in [0.29, 0.717) is 4.47 Å². The lowest BCUT2D eigenvalue weighted by molar-refractivity contribution is -0.137. The Kier molecular flexibility index (Phi) is 4.01. The fraction of sp³-hybridized carbons (Fsp3) is 0.182. The number of alkyl halides is 3. The molecular weight excluding hydrogens is 341 g/mol. The zero-order valence-corrected chi connectivity index (χ0v) is 11.3. The van der Waals surface area contributed by atoms with Gasteiger partial charge in [-0.15, -0.1) is 0 Å². The lowest BCUT2D eigenvalue weighted by atomic mass is 10.1. The van der Waals surface area contributed by atoms with Gasteiger partial charge in [-0.25, -0.2) is 4.98 Å². The third kappa shape index (κ3) is 3.12. The number of azide groups is 1. The molecule has 0 saturated carbocycles. The van der Waals surface area contributed by atoms with Gasteiger partial charge < -0.3 is 4.42 Å². The summed E-state index contributed by atoms with van der Waals surface area (Å²) in [5, 5.41) is 3.23.